The zero-order valence-corrected chi connectivity index (χ0v) is 30.5. The standard InChI is InChI=1S/C51H31N3S/c1-3-14-32(15-4-1)34-26-29-43(45(30-34)33-16-5-2-6-17-33)50-52-49(53-51(54-50)44-24-13-23-42-41-22-11-12-25-47(41)55-48(42)44)35-27-28-40-38-20-8-7-18-36(38)37-19-9-10-21-39(37)46(40)31-35/h1-31H. The van der Waals surface area contributed by atoms with Gasteiger partial charge < -0.3 is 0 Å². The highest BCUT2D eigenvalue weighted by molar-refractivity contribution is 7.26. The SMILES string of the molecule is c1ccc(-c2ccc(-c3nc(-c4ccc5c6ccccc6c6ccccc6c5c4)nc(-c4cccc5c4sc4ccccc45)n3)c(-c3ccccc3)c2)cc1. The Bertz CT molecular complexity index is 3220. The van der Waals surface area contributed by atoms with Crippen molar-refractivity contribution in [3.05, 3.63) is 188 Å². The Morgan fingerprint density at radius 3 is 1.51 bits per heavy atom. The summed E-state index contributed by atoms with van der Waals surface area (Å²) in [7, 11) is 0. The molecule has 55 heavy (non-hydrogen) atoms. The highest BCUT2D eigenvalue weighted by atomic mass is 32.1. The first-order valence-electron chi connectivity index (χ1n) is 18.5. The first kappa shape index (κ1) is 31.5. The zero-order chi connectivity index (χ0) is 36.3. The number of nitrogens with zero attached hydrogens (tertiary/aromatic N) is 3. The fourth-order valence-corrected chi connectivity index (χ4v) is 9.33. The summed E-state index contributed by atoms with van der Waals surface area (Å²) in [6, 6.07) is 66.8. The predicted octanol–water partition coefficient (Wildman–Crippen LogP) is 14.0. The molecule has 0 atom stereocenters. The lowest BCUT2D eigenvalue weighted by Gasteiger charge is -2.15. The number of aromatic nitrogens is 3. The van der Waals surface area contributed by atoms with Crippen LogP contribution in [0.5, 0.6) is 0 Å². The molecule has 0 aliphatic carbocycles. The van der Waals surface area contributed by atoms with Gasteiger partial charge in [0.15, 0.2) is 17.5 Å². The molecule has 11 rings (SSSR count). The second-order valence-corrected chi connectivity index (χ2v) is 15.0. The van der Waals surface area contributed by atoms with Gasteiger partial charge in [-0.05, 0) is 84.9 Å². The molecule has 0 amide bonds. The van der Waals surface area contributed by atoms with Gasteiger partial charge in [-0.15, -0.1) is 11.3 Å². The minimum atomic E-state index is 0.639. The molecule has 11 aromatic rings. The summed E-state index contributed by atoms with van der Waals surface area (Å²) in [5, 5.41) is 9.80. The third-order valence-electron chi connectivity index (χ3n) is 10.7. The van der Waals surface area contributed by atoms with Crippen LogP contribution in [0.3, 0.4) is 0 Å². The van der Waals surface area contributed by atoms with E-state index in [4.69, 9.17) is 15.0 Å². The van der Waals surface area contributed by atoms with E-state index >= 15 is 0 Å². The molecule has 0 unspecified atom stereocenters. The fourth-order valence-electron chi connectivity index (χ4n) is 8.12. The molecular formula is C51H31N3S. The van der Waals surface area contributed by atoms with Crippen LogP contribution < -0.4 is 0 Å². The molecule has 2 aromatic heterocycles. The second kappa shape index (κ2) is 12.8. The van der Waals surface area contributed by atoms with Gasteiger partial charge in [0.1, 0.15) is 0 Å². The van der Waals surface area contributed by atoms with Crippen LogP contribution in [0.15, 0.2) is 188 Å². The van der Waals surface area contributed by atoms with Gasteiger partial charge in [-0.3, -0.25) is 0 Å². The monoisotopic (exact) mass is 717 g/mol. The van der Waals surface area contributed by atoms with Crippen LogP contribution in [0.25, 0.3) is 109 Å². The van der Waals surface area contributed by atoms with E-state index in [0.29, 0.717) is 17.5 Å². The Kier molecular flexibility index (Phi) is 7.35. The van der Waals surface area contributed by atoms with Gasteiger partial charge in [-0.25, -0.2) is 15.0 Å². The maximum absolute atomic E-state index is 5.35. The van der Waals surface area contributed by atoms with E-state index in [9.17, 15) is 0 Å². The largest absolute Gasteiger partial charge is 0.208 e. The number of hydrogen-bond donors (Lipinski definition) is 0. The Hall–Kier alpha value is -7.01. The number of hydrogen-bond acceptors (Lipinski definition) is 4. The topological polar surface area (TPSA) is 38.7 Å². The molecule has 0 aliphatic heterocycles. The first-order chi connectivity index (χ1) is 27.3. The molecule has 0 spiro atoms. The highest BCUT2D eigenvalue weighted by Gasteiger charge is 2.20. The summed E-state index contributed by atoms with van der Waals surface area (Å²) >= 11 is 1.79. The van der Waals surface area contributed by atoms with Crippen LogP contribution in [-0.4, -0.2) is 15.0 Å². The van der Waals surface area contributed by atoms with Gasteiger partial charge in [-0.2, -0.15) is 0 Å². The molecular weight excluding hydrogens is 687 g/mol. The Labute approximate surface area is 321 Å². The van der Waals surface area contributed by atoms with Crippen molar-refractivity contribution in [3.63, 3.8) is 0 Å². The predicted molar refractivity (Wildman–Crippen MR) is 232 cm³/mol. The number of benzene rings is 9. The summed E-state index contributed by atoms with van der Waals surface area (Å²) in [5.74, 6) is 1.94. The van der Waals surface area contributed by atoms with Crippen LogP contribution in [0.1, 0.15) is 0 Å². The molecule has 9 aromatic carbocycles. The van der Waals surface area contributed by atoms with Crippen molar-refractivity contribution in [2.45, 2.75) is 0 Å². The Morgan fingerprint density at radius 1 is 0.273 bits per heavy atom. The van der Waals surface area contributed by atoms with Crippen molar-refractivity contribution >= 4 is 63.8 Å². The number of rotatable bonds is 5. The van der Waals surface area contributed by atoms with Gasteiger partial charge in [0.25, 0.3) is 0 Å². The van der Waals surface area contributed by atoms with Gasteiger partial charge in [0.2, 0.25) is 0 Å². The molecule has 0 bridgehead atoms. The average Bonchev–Trinajstić information content (AvgIpc) is 3.66. The van der Waals surface area contributed by atoms with E-state index < -0.39 is 0 Å². The van der Waals surface area contributed by atoms with E-state index in [2.05, 4.69) is 188 Å². The minimum Gasteiger partial charge on any atom is -0.208 e. The molecule has 0 fully saturated rings. The van der Waals surface area contributed by atoms with Crippen LogP contribution in [0, 0.1) is 0 Å². The number of fused-ring (bicyclic) bond motifs is 9. The normalized spacial score (nSPS) is 11.6. The summed E-state index contributed by atoms with van der Waals surface area (Å²) < 4.78 is 2.42. The minimum absolute atomic E-state index is 0.639. The van der Waals surface area contributed by atoms with E-state index in [0.717, 1.165) is 38.9 Å². The Balaban J connectivity index is 1.19. The molecule has 0 saturated heterocycles. The fraction of sp³-hybridized carbons (Fsp3) is 0. The summed E-state index contributed by atoms with van der Waals surface area (Å²) in [5.41, 5.74) is 7.38. The third-order valence-corrected chi connectivity index (χ3v) is 12.0. The molecule has 0 saturated carbocycles. The van der Waals surface area contributed by atoms with Crippen molar-refractivity contribution in [1.82, 2.24) is 15.0 Å². The Morgan fingerprint density at radius 2 is 0.800 bits per heavy atom. The smallest absolute Gasteiger partial charge is 0.165 e. The van der Waals surface area contributed by atoms with Crippen molar-refractivity contribution in [2.24, 2.45) is 0 Å². The molecule has 0 N–H and O–H groups in total. The van der Waals surface area contributed by atoms with Crippen molar-refractivity contribution in [2.75, 3.05) is 0 Å². The van der Waals surface area contributed by atoms with Crippen molar-refractivity contribution < 1.29 is 0 Å². The van der Waals surface area contributed by atoms with Crippen LogP contribution in [0.2, 0.25) is 0 Å². The lowest BCUT2D eigenvalue weighted by atomic mass is 9.93. The first-order valence-corrected chi connectivity index (χ1v) is 19.3. The van der Waals surface area contributed by atoms with Gasteiger partial charge in [0.05, 0.1) is 0 Å². The quantitative estimate of drug-likeness (QED) is 0.166. The lowest BCUT2D eigenvalue weighted by molar-refractivity contribution is 1.08. The van der Waals surface area contributed by atoms with Gasteiger partial charge in [0, 0.05) is 36.9 Å². The molecule has 4 heteroatoms. The summed E-state index contributed by atoms with van der Waals surface area (Å²) in [6.07, 6.45) is 0. The lowest BCUT2D eigenvalue weighted by Crippen LogP contribution is -2.01. The van der Waals surface area contributed by atoms with Gasteiger partial charge >= 0.3 is 0 Å². The van der Waals surface area contributed by atoms with Crippen LogP contribution in [-0.2, 0) is 0 Å². The maximum atomic E-state index is 5.35. The third kappa shape index (κ3) is 5.30. The summed E-state index contributed by atoms with van der Waals surface area (Å²) in [6.45, 7) is 0. The molecule has 256 valence electrons. The molecule has 0 radical (unpaired) electrons. The van der Waals surface area contributed by atoms with Crippen LogP contribution >= 0.6 is 11.3 Å². The van der Waals surface area contributed by atoms with Crippen LogP contribution in [0.4, 0.5) is 0 Å². The zero-order valence-electron chi connectivity index (χ0n) is 29.6. The second-order valence-electron chi connectivity index (χ2n) is 13.9. The maximum Gasteiger partial charge on any atom is 0.165 e. The number of thiophene rings is 1. The van der Waals surface area contributed by atoms with E-state index in [1.807, 2.05) is 0 Å². The highest BCUT2D eigenvalue weighted by Crippen LogP contribution is 2.42. The van der Waals surface area contributed by atoms with Gasteiger partial charge in [-0.1, -0.05) is 158 Å². The van der Waals surface area contributed by atoms with E-state index in [1.165, 1.54) is 52.5 Å². The summed E-state index contributed by atoms with van der Waals surface area (Å²) in [4.78, 5) is 16.0. The van der Waals surface area contributed by atoms with E-state index in [-0.39, 0.29) is 0 Å². The van der Waals surface area contributed by atoms with Crippen molar-refractivity contribution in [1.29, 1.82) is 0 Å². The molecule has 3 nitrogen and oxygen atoms in total. The van der Waals surface area contributed by atoms with E-state index in [1.54, 1.807) is 11.3 Å². The van der Waals surface area contributed by atoms with Crippen molar-refractivity contribution in [3.8, 4) is 56.4 Å². The molecule has 0 aliphatic rings. The molecule has 2 heterocycles. The average molecular weight is 718 g/mol.